The first-order valence-electron chi connectivity index (χ1n) is 8.94. The Morgan fingerprint density at radius 2 is 2.07 bits per heavy atom. The number of amides is 3. The molecule has 0 bridgehead atoms. The lowest BCUT2D eigenvalue weighted by molar-refractivity contribution is -0.123. The van der Waals surface area contributed by atoms with E-state index in [0.717, 1.165) is 25.9 Å². The number of nitrogens with one attached hydrogen (secondary N) is 2. The second kappa shape index (κ2) is 10.7. The summed E-state index contributed by atoms with van der Waals surface area (Å²) in [7, 11) is 0. The number of carbonyl (C=O) groups is 2. The fraction of sp³-hybridized carbons (Fsp3) is 0.556. The average molecular weight is 417 g/mol. The highest BCUT2D eigenvalue weighted by Crippen LogP contribution is 2.31. The van der Waals surface area contributed by atoms with E-state index in [1.165, 1.54) is 6.07 Å². The molecule has 1 saturated heterocycles. The fourth-order valence-electron chi connectivity index (χ4n) is 3.29. The number of primary amides is 1. The highest BCUT2D eigenvalue weighted by atomic mass is 35.5. The summed E-state index contributed by atoms with van der Waals surface area (Å²) >= 11 is 7.83. The van der Waals surface area contributed by atoms with Crippen LogP contribution in [0, 0.1) is 5.82 Å². The maximum Gasteiger partial charge on any atom is 0.312 e. The van der Waals surface area contributed by atoms with Crippen LogP contribution in [0.25, 0.3) is 0 Å². The van der Waals surface area contributed by atoms with Crippen molar-refractivity contribution in [1.82, 2.24) is 15.5 Å². The van der Waals surface area contributed by atoms with Gasteiger partial charge < -0.3 is 16.4 Å². The van der Waals surface area contributed by atoms with Crippen molar-refractivity contribution in [2.45, 2.75) is 31.3 Å². The molecule has 3 amide bonds. The number of rotatable bonds is 9. The van der Waals surface area contributed by atoms with Gasteiger partial charge in [0.2, 0.25) is 5.91 Å². The summed E-state index contributed by atoms with van der Waals surface area (Å²) in [6, 6.07) is 2.77. The van der Waals surface area contributed by atoms with Gasteiger partial charge in [0.25, 0.3) is 0 Å². The molecule has 1 aromatic carbocycles. The van der Waals surface area contributed by atoms with Crippen LogP contribution < -0.4 is 16.4 Å². The number of nitrogens with zero attached hydrogens (tertiary/aromatic N) is 1. The van der Waals surface area contributed by atoms with Gasteiger partial charge in [0.1, 0.15) is 11.9 Å². The number of hydrogen-bond donors (Lipinski definition) is 3. The second-order valence-electron chi connectivity index (χ2n) is 6.48. The number of halogens is 2. The molecule has 0 radical (unpaired) electrons. The molecule has 0 spiro atoms. The average Bonchev–Trinajstić information content (AvgIpc) is 3.14. The zero-order valence-corrected chi connectivity index (χ0v) is 16.9. The Labute approximate surface area is 168 Å². The van der Waals surface area contributed by atoms with Crippen LogP contribution in [0.4, 0.5) is 9.18 Å². The largest absolute Gasteiger partial charge is 0.352 e. The molecule has 1 heterocycles. The van der Waals surface area contributed by atoms with Crippen LogP contribution in [-0.4, -0.2) is 54.5 Å². The molecule has 1 aromatic rings. The molecule has 6 nitrogen and oxygen atoms in total. The van der Waals surface area contributed by atoms with Gasteiger partial charge in [-0.3, -0.25) is 9.69 Å². The first-order chi connectivity index (χ1) is 12.9. The first kappa shape index (κ1) is 21.8. The molecular weight excluding hydrogens is 391 g/mol. The lowest BCUT2D eigenvalue weighted by Gasteiger charge is -2.30. The van der Waals surface area contributed by atoms with Crippen molar-refractivity contribution in [2.75, 3.05) is 31.6 Å². The number of nitrogens with two attached hydrogens (primary N) is 1. The van der Waals surface area contributed by atoms with E-state index in [4.69, 9.17) is 17.3 Å². The van der Waals surface area contributed by atoms with Crippen molar-refractivity contribution in [3.8, 4) is 0 Å². The molecule has 0 aromatic heterocycles. The third kappa shape index (κ3) is 6.26. The van der Waals surface area contributed by atoms with Gasteiger partial charge in [-0.15, -0.1) is 0 Å². The Kier molecular flexibility index (Phi) is 8.66. The Bertz CT molecular complexity index is 638. The summed E-state index contributed by atoms with van der Waals surface area (Å²) in [5.41, 5.74) is 5.57. The van der Waals surface area contributed by atoms with Crippen LogP contribution in [0.3, 0.4) is 0 Å². The van der Waals surface area contributed by atoms with Crippen LogP contribution >= 0.6 is 23.4 Å². The smallest absolute Gasteiger partial charge is 0.312 e. The number of benzene rings is 1. The Morgan fingerprint density at radius 1 is 1.37 bits per heavy atom. The summed E-state index contributed by atoms with van der Waals surface area (Å²) in [6.07, 6.45) is 4.43. The third-order valence-corrected chi connectivity index (χ3v) is 5.60. The normalized spacial score (nSPS) is 16.7. The van der Waals surface area contributed by atoms with Gasteiger partial charge in [-0.1, -0.05) is 17.7 Å². The topological polar surface area (TPSA) is 87.5 Å². The Hall–Kier alpha value is -1.51. The molecule has 1 aliphatic heterocycles. The molecule has 0 saturated carbocycles. The van der Waals surface area contributed by atoms with E-state index in [9.17, 15) is 14.0 Å². The minimum absolute atomic E-state index is 0.204. The lowest BCUT2D eigenvalue weighted by atomic mass is 10.0. The van der Waals surface area contributed by atoms with Gasteiger partial charge in [0, 0.05) is 17.1 Å². The van der Waals surface area contributed by atoms with Crippen LogP contribution in [-0.2, 0) is 4.79 Å². The Morgan fingerprint density at radius 3 is 2.67 bits per heavy atom. The van der Waals surface area contributed by atoms with Crippen LogP contribution in [0.15, 0.2) is 18.2 Å². The van der Waals surface area contributed by atoms with Gasteiger partial charge in [-0.25, -0.2) is 9.18 Å². The molecular formula is C18H26ClFN4O2S. The molecule has 9 heteroatoms. The summed E-state index contributed by atoms with van der Waals surface area (Å²) in [6.45, 7) is 1.84. The molecule has 27 heavy (non-hydrogen) atoms. The highest BCUT2D eigenvalue weighted by molar-refractivity contribution is 7.98. The zero-order chi connectivity index (χ0) is 19.8. The number of carbonyl (C=O) groups excluding carboxylic acids is 2. The number of thioether (sulfide) groups is 1. The summed E-state index contributed by atoms with van der Waals surface area (Å²) < 4.78 is 14.5. The van der Waals surface area contributed by atoms with E-state index < -0.39 is 12.1 Å². The van der Waals surface area contributed by atoms with E-state index in [0.29, 0.717) is 22.8 Å². The SMILES string of the molecule is CSCCC(NC(N)=O)C(=O)NCC(c1c(F)cccc1Cl)N1CCCC1. The van der Waals surface area contributed by atoms with E-state index in [1.54, 1.807) is 23.9 Å². The molecule has 150 valence electrons. The van der Waals surface area contributed by atoms with Gasteiger partial charge in [0.15, 0.2) is 0 Å². The minimum atomic E-state index is -0.746. The predicted molar refractivity (Wildman–Crippen MR) is 107 cm³/mol. The van der Waals surface area contributed by atoms with Gasteiger partial charge in [0.05, 0.1) is 6.04 Å². The Balaban J connectivity index is 2.13. The van der Waals surface area contributed by atoms with Gasteiger partial charge in [-0.2, -0.15) is 11.8 Å². The maximum absolute atomic E-state index is 14.5. The van der Waals surface area contributed by atoms with Crippen LogP contribution in [0.2, 0.25) is 5.02 Å². The number of likely N-dealkylation sites (tertiary alicyclic amines) is 1. The van der Waals surface area contributed by atoms with Crippen molar-refractivity contribution < 1.29 is 14.0 Å². The first-order valence-corrected chi connectivity index (χ1v) is 10.7. The number of urea groups is 1. The molecule has 2 rings (SSSR count). The van der Waals surface area contributed by atoms with E-state index in [1.807, 2.05) is 6.26 Å². The minimum Gasteiger partial charge on any atom is -0.352 e. The molecule has 0 aliphatic carbocycles. The quantitative estimate of drug-likeness (QED) is 0.577. The van der Waals surface area contributed by atoms with Crippen molar-refractivity contribution in [3.05, 3.63) is 34.6 Å². The lowest BCUT2D eigenvalue weighted by Crippen LogP contribution is -2.50. The van der Waals surface area contributed by atoms with E-state index >= 15 is 0 Å². The molecule has 1 aliphatic rings. The van der Waals surface area contributed by atoms with Gasteiger partial charge >= 0.3 is 6.03 Å². The van der Waals surface area contributed by atoms with E-state index in [-0.39, 0.29) is 24.3 Å². The zero-order valence-electron chi connectivity index (χ0n) is 15.3. The summed E-state index contributed by atoms with van der Waals surface area (Å²) in [4.78, 5) is 25.9. The summed E-state index contributed by atoms with van der Waals surface area (Å²) in [5, 5.41) is 5.65. The number of hydrogen-bond acceptors (Lipinski definition) is 4. The van der Waals surface area contributed by atoms with Crippen LogP contribution in [0.1, 0.15) is 30.9 Å². The van der Waals surface area contributed by atoms with Crippen molar-refractivity contribution in [1.29, 1.82) is 0 Å². The molecule has 4 N–H and O–H groups in total. The van der Waals surface area contributed by atoms with Crippen molar-refractivity contribution in [2.24, 2.45) is 5.73 Å². The monoisotopic (exact) mass is 416 g/mol. The second-order valence-corrected chi connectivity index (χ2v) is 7.87. The molecule has 1 fully saturated rings. The van der Waals surface area contributed by atoms with Crippen LogP contribution in [0.5, 0.6) is 0 Å². The maximum atomic E-state index is 14.5. The fourth-order valence-corrected chi connectivity index (χ4v) is 4.05. The standard InChI is InChI=1S/C18H26ClFN4O2S/c1-27-10-7-14(23-18(21)26)17(25)22-11-15(24-8-2-3-9-24)16-12(19)5-4-6-13(16)20/h4-6,14-15H,2-3,7-11H2,1H3,(H,22,25)(H3,21,23,26). The van der Waals surface area contributed by atoms with E-state index in [2.05, 4.69) is 15.5 Å². The van der Waals surface area contributed by atoms with Crippen molar-refractivity contribution >= 4 is 35.3 Å². The van der Waals surface area contributed by atoms with Crippen molar-refractivity contribution in [3.63, 3.8) is 0 Å². The highest BCUT2D eigenvalue weighted by Gasteiger charge is 2.29. The predicted octanol–water partition coefficient (Wildman–Crippen LogP) is 2.52. The van der Waals surface area contributed by atoms with Gasteiger partial charge in [-0.05, 0) is 56.5 Å². The third-order valence-electron chi connectivity index (χ3n) is 4.63. The molecule has 2 unspecified atom stereocenters. The summed E-state index contributed by atoms with van der Waals surface area (Å²) in [5.74, 6) is -0.0186. The molecule has 2 atom stereocenters.